The maximum absolute atomic E-state index is 13.9. The highest BCUT2D eigenvalue weighted by Crippen LogP contribution is 2.40. The van der Waals surface area contributed by atoms with Crippen LogP contribution in [0.1, 0.15) is 22.2 Å². The van der Waals surface area contributed by atoms with Crippen molar-refractivity contribution in [1.82, 2.24) is 0 Å². The summed E-state index contributed by atoms with van der Waals surface area (Å²) in [5.41, 5.74) is 7.60. The van der Waals surface area contributed by atoms with Crippen LogP contribution in [0.5, 0.6) is 0 Å². The molecule has 1 heterocycles. The molecule has 100 valence electrons. The van der Waals surface area contributed by atoms with E-state index in [4.69, 9.17) is 10.5 Å². The number of carbonyl (C=O) groups excluding carboxylic acids is 1. The molecule has 1 aromatic heterocycles. The Hall–Kier alpha value is -1.88. The third kappa shape index (κ3) is 2.33. The van der Waals surface area contributed by atoms with Crippen molar-refractivity contribution in [2.24, 2.45) is 0 Å². The van der Waals surface area contributed by atoms with Gasteiger partial charge in [-0.2, -0.15) is 0 Å². The highest BCUT2D eigenvalue weighted by atomic mass is 32.1. The molecular weight excluding hydrogens is 265 g/mol. The molecule has 0 saturated carbocycles. The van der Waals surface area contributed by atoms with Crippen LogP contribution in [-0.4, -0.2) is 13.1 Å². The van der Waals surface area contributed by atoms with Crippen LogP contribution in [0.2, 0.25) is 0 Å². The molecule has 5 heteroatoms. The average molecular weight is 279 g/mol. The van der Waals surface area contributed by atoms with Crippen molar-refractivity contribution >= 4 is 23.0 Å². The molecule has 0 bridgehead atoms. The van der Waals surface area contributed by atoms with Gasteiger partial charge in [-0.1, -0.05) is 25.1 Å². The lowest BCUT2D eigenvalue weighted by Crippen LogP contribution is -2.02. The summed E-state index contributed by atoms with van der Waals surface area (Å²) in [6.07, 6.45) is 0.628. The molecule has 19 heavy (non-hydrogen) atoms. The van der Waals surface area contributed by atoms with Gasteiger partial charge in [0.1, 0.15) is 10.7 Å². The van der Waals surface area contributed by atoms with Gasteiger partial charge in [-0.05, 0) is 18.1 Å². The van der Waals surface area contributed by atoms with Crippen LogP contribution in [0.3, 0.4) is 0 Å². The molecule has 0 saturated heterocycles. The van der Waals surface area contributed by atoms with Gasteiger partial charge in [0, 0.05) is 10.4 Å². The van der Waals surface area contributed by atoms with Crippen molar-refractivity contribution in [3.8, 4) is 10.4 Å². The lowest BCUT2D eigenvalue weighted by molar-refractivity contribution is 0.0607. The van der Waals surface area contributed by atoms with Crippen molar-refractivity contribution in [2.45, 2.75) is 13.3 Å². The van der Waals surface area contributed by atoms with Gasteiger partial charge in [0.15, 0.2) is 0 Å². The smallest absolute Gasteiger partial charge is 0.350 e. The molecule has 0 fully saturated rings. The largest absolute Gasteiger partial charge is 0.465 e. The zero-order valence-electron chi connectivity index (χ0n) is 10.7. The molecule has 0 unspecified atom stereocenters. The first kappa shape index (κ1) is 13.5. The molecule has 0 radical (unpaired) electrons. The molecule has 0 aliphatic rings. The topological polar surface area (TPSA) is 52.3 Å². The Bertz CT molecular complexity index is 622. The Balaban J connectivity index is 2.64. The molecule has 2 aromatic rings. The number of hydrogen-bond donors (Lipinski definition) is 1. The fraction of sp³-hybridized carbons (Fsp3) is 0.214. The van der Waals surface area contributed by atoms with Crippen LogP contribution in [0.25, 0.3) is 10.4 Å². The lowest BCUT2D eigenvalue weighted by Gasteiger charge is -2.03. The Morgan fingerprint density at radius 2 is 2.11 bits per heavy atom. The fourth-order valence-corrected chi connectivity index (χ4v) is 3.19. The van der Waals surface area contributed by atoms with Crippen molar-refractivity contribution in [2.75, 3.05) is 12.8 Å². The number of halogens is 1. The number of benzene rings is 1. The molecule has 0 aliphatic heterocycles. The fourth-order valence-electron chi connectivity index (χ4n) is 1.94. The van der Waals surface area contributed by atoms with E-state index in [2.05, 4.69) is 0 Å². The third-order valence-corrected chi connectivity index (χ3v) is 4.15. The number of nitrogen functional groups attached to an aromatic ring is 1. The Morgan fingerprint density at radius 1 is 1.42 bits per heavy atom. The normalized spacial score (nSPS) is 10.5. The average Bonchev–Trinajstić information content (AvgIpc) is 2.75. The van der Waals surface area contributed by atoms with E-state index in [0.29, 0.717) is 27.4 Å². The summed E-state index contributed by atoms with van der Waals surface area (Å²) < 4.78 is 18.6. The quantitative estimate of drug-likeness (QED) is 0.875. The van der Waals surface area contributed by atoms with Crippen LogP contribution in [0.4, 0.5) is 10.1 Å². The van der Waals surface area contributed by atoms with Gasteiger partial charge < -0.3 is 10.5 Å². The first-order valence-electron chi connectivity index (χ1n) is 5.84. The van der Waals surface area contributed by atoms with Crippen LogP contribution in [-0.2, 0) is 11.2 Å². The molecule has 3 nitrogen and oxygen atoms in total. The summed E-state index contributed by atoms with van der Waals surface area (Å²) in [4.78, 5) is 12.7. The molecule has 1 aromatic carbocycles. The Labute approximate surface area is 114 Å². The summed E-state index contributed by atoms with van der Waals surface area (Å²) in [5.74, 6) is -0.811. The van der Waals surface area contributed by atoms with Gasteiger partial charge in [0.2, 0.25) is 0 Å². The number of carbonyl (C=O) groups is 1. The van der Waals surface area contributed by atoms with E-state index in [-0.39, 0.29) is 5.82 Å². The second-order valence-electron chi connectivity index (χ2n) is 3.98. The van der Waals surface area contributed by atoms with E-state index < -0.39 is 5.97 Å². The van der Waals surface area contributed by atoms with Gasteiger partial charge >= 0.3 is 5.97 Å². The maximum Gasteiger partial charge on any atom is 0.350 e. The molecule has 2 N–H and O–H groups in total. The second-order valence-corrected chi connectivity index (χ2v) is 5.00. The SMILES string of the molecule is CCc1c(-c2ccccc2F)sc(C(=O)OC)c1N. The summed E-state index contributed by atoms with van der Waals surface area (Å²) >= 11 is 1.17. The van der Waals surface area contributed by atoms with Gasteiger partial charge in [-0.3, -0.25) is 0 Å². The van der Waals surface area contributed by atoms with Crippen molar-refractivity contribution in [1.29, 1.82) is 0 Å². The van der Waals surface area contributed by atoms with Crippen molar-refractivity contribution in [3.05, 3.63) is 40.5 Å². The number of rotatable bonds is 3. The minimum Gasteiger partial charge on any atom is -0.465 e. The lowest BCUT2D eigenvalue weighted by atomic mass is 10.1. The number of thiophene rings is 1. The highest BCUT2D eigenvalue weighted by molar-refractivity contribution is 7.18. The number of nitrogens with two attached hydrogens (primary N) is 1. The van der Waals surface area contributed by atoms with Crippen LogP contribution in [0, 0.1) is 5.82 Å². The van der Waals surface area contributed by atoms with E-state index in [1.54, 1.807) is 18.2 Å². The molecule has 0 amide bonds. The Morgan fingerprint density at radius 3 is 2.68 bits per heavy atom. The Kier molecular flexibility index (Phi) is 3.85. The van der Waals surface area contributed by atoms with Crippen molar-refractivity contribution < 1.29 is 13.9 Å². The predicted octanol–water partition coefficient (Wildman–Crippen LogP) is 3.49. The highest BCUT2D eigenvalue weighted by Gasteiger charge is 2.22. The van der Waals surface area contributed by atoms with Crippen LogP contribution in [0.15, 0.2) is 24.3 Å². The van der Waals surface area contributed by atoms with E-state index in [1.165, 1.54) is 24.5 Å². The van der Waals surface area contributed by atoms with Gasteiger partial charge in [-0.15, -0.1) is 11.3 Å². The molecule has 0 aliphatic carbocycles. The molecule has 2 rings (SSSR count). The minimum absolute atomic E-state index is 0.324. The number of hydrogen-bond acceptors (Lipinski definition) is 4. The van der Waals surface area contributed by atoms with E-state index in [9.17, 15) is 9.18 Å². The molecular formula is C14H14FNO2S. The van der Waals surface area contributed by atoms with Gasteiger partial charge in [0.05, 0.1) is 12.8 Å². The minimum atomic E-state index is -0.486. The second kappa shape index (κ2) is 5.40. The standard InChI is InChI=1S/C14H14FNO2S/c1-3-8-11(16)13(14(17)18-2)19-12(8)9-6-4-5-7-10(9)15/h4-7H,3,16H2,1-2H3. The third-order valence-electron chi connectivity index (χ3n) is 2.89. The summed E-state index contributed by atoms with van der Waals surface area (Å²) in [6.45, 7) is 1.92. The zero-order chi connectivity index (χ0) is 14.0. The van der Waals surface area contributed by atoms with E-state index in [0.717, 1.165) is 5.56 Å². The van der Waals surface area contributed by atoms with Crippen LogP contribution >= 0.6 is 11.3 Å². The first-order valence-corrected chi connectivity index (χ1v) is 6.66. The molecule has 0 atom stereocenters. The number of esters is 1. The van der Waals surface area contributed by atoms with Gasteiger partial charge in [0.25, 0.3) is 0 Å². The maximum atomic E-state index is 13.9. The van der Waals surface area contributed by atoms with E-state index in [1.807, 2.05) is 6.92 Å². The monoisotopic (exact) mass is 279 g/mol. The number of anilines is 1. The predicted molar refractivity (Wildman–Crippen MR) is 74.8 cm³/mol. The molecule has 0 spiro atoms. The van der Waals surface area contributed by atoms with Crippen LogP contribution < -0.4 is 5.73 Å². The van der Waals surface area contributed by atoms with Gasteiger partial charge in [-0.25, -0.2) is 9.18 Å². The summed E-state index contributed by atoms with van der Waals surface area (Å²) in [7, 11) is 1.30. The van der Waals surface area contributed by atoms with E-state index >= 15 is 0 Å². The number of methoxy groups -OCH3 is 1. The zero-order valence-corrected chi connectivity index (χ0v) is 11.5. The summed E-state index contributed by atoms with van der Waals surface area (Å²) in [5, 5.41) is 0. The first-order chi connectivity index (χ1) is 9.10. The summed E-state index contributed by atoms with van der Waals surface area (Å²) in [6, 6.07) is 6.46. The van der Waals surface area contributed by atoms with Crippen molar-refractivity contribution in [3.63, 3.8) is 0 Å². The number of ether oxygens (including phenoxy) is 1.